The smallest absolute Gasteiger partial charge is 0.288 e. The Morgan fingerprint density at radius 1 is 1.03 bits per heavy atom. The van der Waals surface area contributed by atoms with Gasteiger partial charge in [-0.05, 0) is 58.8 Å². The predicted octanol–water partition coefficient (Wildman–Crippen LogP) is 5.57. The van der Waals surface area contributed by atoms with E-state index in [1.807, 2.05) is 48.6 Å². The highest BCUT2D eigenvalue weighted by Crippen LogP contribution is 2.44. The molecule has 1 amide bonds. The number of fused-ring (bicyclic) bond motifs is 3. The van der Waals surface area contributed by atoms with Gasteiger partial charge in [-0.2, -0.15) is 8.42 Å². The molecule has 4 rings (SSSR count). The van der Waals surface area contributed by atoms with Gasteiger partial charge >= 0.3 is 0 Å². The average Bonchev–Trinajstić information content (AvgIpc) is 3.03. The summed E-state index contributed by atoms with van der Waals surface area (Å²) in [6, 6.07) is 17.7. The molecule has 1 aliphatic rings. The molecule has 0 aromatic heterocycles. The standard InChI is InChI=1S/C26H24N2O4S/c1-18(29)28(20-9-5-4-6-10-20)16-8-7-11-24-26(2,3)25-22-14-13-21(33(30,31)32)17-19(22)12-15-23(25)27-24/h4-17H,1-3H3,(H,30,31,32)/b11-7+,16-8+. The lowest BCUT2D eigenvalue weighted by Crippen LogP contribution is -2.24. The molecule has 0 saturated heterocycles. The van der Waals surface area contributed by atoms with Gasteiger partial charge in [0.25, 0.3) is 10.1 Å². The van der Waals surface area contributed by atoms with Crippen LogP contribution in [0.4, 0.5) is 11.4 Å². The van der Waals surface area contributed by atoms with Crippen molar-refractivity contribution in [3.8, 4) is 0 Å². The highest BCUT2D eigenvalue weighted by molar-refractivity contribution is 7.85. The monoisotopic (exact) mass is 460 g/mol. The molecule has 1 N–H and O–H groups in total. The van der Waals surface area contributed by atoms with Crippen LogP contribution < -0.4 is 4.90 Å². The van der Waals surface area contributed by atoms with Gasteiger partial charge in [0.1, 0.15) is 0 Å². The van der Waals surface area contributed by atoms with Crippen molar-refractivity contribution in [3.05, 3.63) is 90.7 Å². The molecular weight excluding hydrogens is 436 g/mol. The molecule has 0 atom stereocenters. The van der Waals surface area contributed by atoms with Crippen LogP contribution in [-0.4, -0.2) is 24.6 Å². The average molecular weight is 461 g/mol. The van der Waals surface area contributed by atoms with Crippen LogP contribution in [0.1, 0.15) is 26.3 Å². The fraction of sp³-hybridized carbons (Fsp3) is 0.154. The maximum atomic E-state index is 12.0. The Morgan fingerprint density at radius 3 is 2.42 bits per heavy atom. The van der Waals surface area contributed by atoms with Gasteiger partial charge in [-0.25, -0.2) is 0 Å². The largest absolute Gasteiger partial charge is 0.294 e. The molecule has 0 spiro atoms. The molecule has 6 nitrogen and oxygen atoms in total. The van der Waals surface area contributed by atoms with E-state index in [1.54, 1.807) is 29.3 Å². The zero-order valence-corrected chi connectivity index (χ0v) is 19.4. The van der Waals surface area contributed by atoms with Crippen LogP contribution in [0.3, 0.4) is 0 Å². The van der Waals surface area contributed by atoms with Crippen molar-refractivity contribution < 1.29 is 17.8 Å². The van der Waals surface area contributed by atoms with E-state index in [4.69, 9.17) is 4.99 Å². The summed E-state index contributed by atoms with van der Waals surface area (Å²) < 4.78 is 32.4. The molecule has 1 heterocycles. The Bertz CT molecular complexity index is 1440. The molecule has 0 aliphatic carbocycles. The van der Waals surface area contributed by atoms with Crippen molar-refractivity contribution >= 4 is 43.9 Å². The molecule has 0 fully saturated rings. The first-order valence-electron chi connectivity index (χ1n) is 10.4. The topological polar surface area (TPSA) is 87.0 Å². The molecule has 7 heteroatoms. The van der Waals surface area contributed by atoms with Crippen molar-refractivity contribution in [2.24, 2.45) is 4.99 Å². The number of hydrogen-bond acceptors (Lipinski definition) is 4. The van der Waals surface area contributed by atoms with Gasteiger partial charge < -0.3 is 0 Å². The van der Waals surface area contributed by atoms with Crippen molar-refractivity contribution in [2.75, 3.05) is 4.90 Å². The first kappa shape index (κ1) is 22.6. The molecule has 33 heavy (non-hydrogen) atoms. The first-order chi connectivity index (χ1) is 15.6. The fourth-order valence-corrected chi connectivity index (χ4v) is 4.61. The van der Waals surface area contributed by atoms with E-state index in [0.717, 1.165) is 33.4 Å². The van der Waals surface area contributed by atoms with E-state index in [0.29, 0.717) is 0 Å². The van der Waals surface area contributed by atoms with Gasteiger partial charge in [0.05, 0.1) is 16.3 Å². The summed E-state index contributed by atoms with van der Waals surface area (Å²) in [6.07, 6.45) is 7.28. The fourth-order valence-electron chi connectivity index (χ4n) is 4.09. The van der Waals surface area contributed by atoms with E-state index in [2.05, 4.69) is 13.8 Å². The number of carbonyl (C=O) groups is 1. The quantitative estimate of drug-likeness (QED) is 0.398. The van der Waals surface area contributed by atoms with Crippen LogP contribution in [0.5, 0.6) is 0 Å². The first-order valence-corrected chi connectivity index (χ1v) is 11.9. The highest BCUT2D eigenvalue weighted by atomic mass is 32.2. The lowest BCUT2D eigenvalue weighted by Gasteiger charge is -2.22. The zero-order valence-electron chi connectivity index (χ0n) is 18.6. The van der Waals surface area contributed by atoms with Crippen molar-refractivity contribution in [2.45, 2.75) is 31.1 Å². The second-order valence-corrected chi connectivity index (χ2v) is 9.79. The summed E-state index contributed by atoms with van der Waals surface area (Å²) >= 11 is 0. The molecule has 3 aromatic rings. The number of hydrogen-bond donors (Lipinski definition) is 1. The van der Waals surface area contributed by atoms with Crippen LogP contribution in [-0.2, 0) is 20.3 Å². The van der Waals surface area contributed by atoms with Gasteiger partial charge in [-0.15, -0.1) is 0 Å². The summed E-state index contributed by atoms with van der Waals surface area (Å²) in [5, 5.41) is 1.61. The number of benzene rings is 3. The Kier molecular flexibility index (Phi) is 5.78. The number of carbonyl (C=O) groups excluding carboxylic acids is 1. The third-order valence-corrected chi connectivity index (χ3v) is 6.60. The van der Waals surface area contributed by atoms with E-state index in [-0.39, 0.29) is 10.8 Å². The number of anilines is 1. The van der Waals surface area contributed by atoms with Crippen LogP contribution in [0.2, 0.25) is 0 Å². The number of aliphatic imine (C=N–C) groups is 1. The molecule has 3 aromatic carbocycles. The minimum Gasteiger partial charge on any atom is -0.288 e. The Morgan fingerprint density at radius 2 is 1.76 bits per heavy atom. The van der Waals surface area contributed by atoms with Gasteiger partial charge in [-0.1, -0.05) is 50.3 Å². The number of rotatable bonds is 5. The maximum absolute atomic E-state index is 12.0. The molecule has 0 unspecified atom stereocenters. The van der Waals surface area contributed by atoms with Gasteiger partial charge in [0.2, 0.25) is 5.91 Å². The lowest BCUT2D eigenvalue weighted by molar-refractivity contribution is -0.116. The van der Waals surface area contributed by atoms with Crippen LogP contribution in [0.25, 0.3) is 10.8 Å². The predicted molar refractivity (Wildman–Crippen MR) is 132 cm³/mol. The molecule has 0 radical (unpaired) electrons. The van der Waals surface area contributed by atoms with Crippen molar-refractivity contribution in [3.63, 3.8) is 0 Å². The Labute approximate surface area is 193 Å². The normalized spacial score (nSPS) is 15.2. The highest BCUT2D eigenvalue weighted by Gasteiger charge is 2.35. The van der Waals surface area contributed by atoms with E-state index in [1.165, 1.54) is 19.1 Å². The zero-order chi connectivity index (χ0) is 23.8. The van der Waals surface area contributed by atoms with Crippen molar-refractivity contribution in [1.29, 1.82) is 0 Å². The summed E-state index contributed by atoms with van der Waals surface area (Å²) in [6.45, 7) is 5.64. The number of nitrogens with zero attached hydrogens (tertiary/aromatic N) is 2. The second-order valence-electron chi connectivity index (χ2n) is 8.36. The van der Waals surface area contributed by atoms with E-state index in [9.17, 15) is 17.8 Å². The second kappa shape index (κ2) is 8.42. The van der Waals surface area contributed by atoms with Crippen LogP contribution in [0.15, 0.2) is 95.0 Å². The SMILES string of the molecule is CC(=O)N(/C=C/C=C/C1=Nc2ccc3cc(S(=O)(=O)O)ccc3c2C1(C)C)c1ccccc1. The molecule has 1 aliphatic heterocycles. The van der Waals surface area contributed by atoms with Crippen LogP contribution >= 0.6 is 0 Å². The summed E-state index contributed by atoms with van der Waals surface area (Å²) in [5.74, 6) is -0.0903. The Balaban J connectivity index is 1.63. The molecule has 0 saturated carbocycles. The third-order valence-electron chi connectivity index (χ3n) is 5.75. The van der Waals surface area contributed by atoms with E-state index >= 15 is 0 Å². The molecule has 0 bridgehead atoms. The number of allylic oxidation sites excluding steroid dienone is 3. The van der Waals surface area contributed by atoms with Crippen molar-refractivity contribution in [1.82, 2.24) is 0 Å². The minimum atomic E-state index is -4.27. The van der Waals surface area contributed by atoms with Gasteiger partial charge in [0, 0.05) is 24.2 Å². The summed E-state index contributed by atoms with van der Waals surface area (Å²) in [5.41, 5.74) is 3.04. The summed E-state index contributed by atoms with van der Waals surface area (Å²) in [7, 11) is -4.27. The molecule has 168 valence electrons. The number of para-hydroxylation sites is 1. The maximum Gasteiger partial charge on any atom is 0.294 e. The third kappa shape index (κ3) is 4.37. The number of amides is 1. The van der Waals surface area contributed by atoms with Gasteiger partial charge in [-0.3, -0.25) is 19.2 Å². The van der Waals surface area contributed by atoms with Gasteiger partial charge in [0.15, 0.2) is 0 Å². The molecular formula is C26H24N2O4S. The lowest BCUT2D eigenvalue weighted by atomic mass is 9.79. The minimum absolute atomic E-state index is 0.0903. The Hall–Kier alpha value is -3.55. The van der Waals surface area contributed by atoms with E-state index < -0.39 is 15.5 Å². The van der Waals surface area contributed by atoms with Crippen LogP contribution in [0, 0.1) is 0 Å². The summed E-state index contributed by atoms with van der Waals surface area (Å²) in [4.78, 5) is 18.3.